The molecule has 3 aromatic heterocycles. The lowest BCUT2D eigenvalue weighted by molar-refractivity contribution is -0.122. The maximum atomic E-state index is 12.3. The fourth-order valence-electron chi connectivity index (χ4n) is 2.74. The molecule has 142 valence electrons. The van der Waals surface area contributed by atoms with E-state index in [1.807, 2.05) is 35.0 Å². The maximum Gasteiger partial charge on any atom is 0.266 e. The molecule has 1 aromatic carbocycles. The van der Waals surface area contributed by atoms with E-state index < -0.39 is 6.10 Å². The largest absolute Gasteiger partial charge is 0.481 e. The van der Waals surface area contributed by atoms with Crippen molar-refractivity contribution in [1.29, 1.82) is 0 Å². The number of halogens is 1. The number of ether oxygens (including phenoxy) is 1. The summed E-state index contributed by atoms with van der Waals surface area (Å²) in [5.41, 5.74) is 1.76. The molecule has 7 nitrogen and oxygen atoms in total. The van der Waals surface area contributed by atoms with Crippen molar-refractivity contribution in [2.45, 2.75) is 19.6 Å². The highest BCUT2D eigenvalue weighted by Crippen LogP contribution is 2.17. The number of hydrogen-bond acceptors (Lipinski definition) is 4. The van der Waals surface area contributed by atoms with Crippen LogP contribution in [-0.2, 0) is 11.3 Å². The van der Waals surface area contributed by atoms with Gasteiger partial charge >= 0.3 is 0 Å². The molecule has 0 saturated carbocycles. The smallest absolute Gasteiger partial charge is 0.266 e. The van der Waals surface area contributed by atoms with Gasteiger partial charge in [-0.3, -0.25) is 9.48 Å². The zero-order valence-electron chi connectivity index (χ0n) is 15.1. The number of carbonyl (C=O) groups is 1. The Morgan fingerprint density at radius 3 is 2.79 bits per heavy atom. The first-order chi connectivity index (χ1) is 13.6. The topological polar surface area (TPSA) is 73.5 Å². The molecule has 0 bridgehead atoms. The fraction of sp³-hybridized carbons (Fsp3) is 0.150. The van der Waals surface area contributed by atoms with Crippen molar-refractivity contribution < 1.29 is 9.53 Å². The van der Waals surface area contributed by atoms with E-state index >= 15 is 0 Å². The van der Waals surface area contributed by atoms with Gasteiger partial charge in [-0.15, -0.1) is 0 Å². The Bertz CT molecular complexity index is 1070. The van der Waals surface area contributed by atoms with Gasteiger partial charge in [-0.1, -0.05) is 17.7 Å². The van der Waals surface area contributed by atoms with E-state index in [4.69, 9.17) is 16.3 Å². The van der Waals surface area contributed by atoms with Gasteiger partial charge in [-0.05, 0) is 43.3 Å². The molecule has 0 saturated heterocycles. The number of nitrogens with one attached hydrogen (secondary N) is 1. The van der Waals surface area contributed by atoms with E-state index in [9.17, 15) is 4.79 Å². The number of amides is 1. The monoisotopic (exact) mass is 395 g/mol. The number of nitrogens with zero attached hydrogens (tertiary/aromatic N) is 4. The molecular formula is C20H18ClN5O2. The van der Waals surface area contributed by atoms with Crippen LogP contribution in [0.4, 0.5) is 5.82 Å². The van der Waals surface area contributed by atoms with Crippen molar-refractivity contribution in [3.05, 3.63) is 77.8 Å². The Labute approximate surface area is 166 Å². The highest BCUT2D eigenvalue weighted by atomic mass is 35.5. The molecular weight excluding hydrogens is 378 g/mol. The normalized spacial score (nSPS) is 12.1. The standard InChI is InChI=1S/C20H18ClN5O2/c1-14(28-17-7-5-15(21)6-8-17)20(27)23-18-9-11-26(24-18)13-16-12-25-10-3-2-4-19(25)22-16/h2-12,14H,13H2,1H3,(H,23,24,27). The molecule has 1 N–H and O–H groups in total. The van der Waals surface area contributed by atoms with E-state index in [0.29, 0.717) is 23.1 Å². The number of pyridine rings is 1. The number of rotatable bonds is 6. The molecule has 1 atom stereocenters. The average Bonchev–Trinajstić information content (AvgIpc) is 3.29. The van der Waals surface area contributed by atoms with E-state index in [2.05, 4.69) is 15.4 Å². The van der Waals surface area contributed by atoms with E-state index in [0.717, 1.165) is 11.3 Å². The lowest BCUT2D eigenvalue weighted by Crippen LogP contribution is -2.30. The second-order valence-electron chi connectivity index (χ2n) is 6.30. The molecule has 0 aliphatic carbocycles. The van der Waals surface area contributed by atoms with E-state index in [-0.39, 0.29) is 5.91 Å². The summed E-state index contributed by atoms with van der Waals surface area (Å²) in [5.74, 6) is 0.748. The van der Waals surface area contributed by atoms with Crippen LogP contribution in [0, 0.1) is 0 Å². The lowest BCUT2D eigenvalue weighted by atomic mass is 10.3. The molecule has 1 amide bonds. The molecule has 8 heteroatoms. The molecule has 0 aliphatic heterocycles. The van der Waals surface area contributed by atoms with Crippen molar-refractivity contribution in [1.82, 2.24) is 19.2 Å². The number of fused-ring (bicyclic) bond motifs is 1. The highest BCUT2D eigenvalue weighted by molar-refractivity contribution is 6.30. The third kappa shape index (κ3) is 4.15. The third-order valence-electron chi connectivity index (χ3n) is 4.13. The molecule has 4 rings (SSSR count). The van der Waals surface area contributed by atoms with Gasteiger partial charge in [0.2, 0.25) is 0 Å². The second-order valence-corrected chi connectivity index (χ2v) is 6.74. The lowest BCUT2D eigenvalue weighted by Gasteiger charge is -2.13. The summed E-state index contributed by atoms with van der Waals surface area (Å²) < 4.78 is 9.30. The zero-order valence-corrected chi connectivity index (χ0v) is 15.9. The Morgan fingerprint density at radius 2 is 2.00 bits per heavy atom. The van der Waals surface area contributed by atoms with Crippen LogP contribution in [0.1, 0.15) is 12.6 Å². The molecule has 0 fully saturated rings. The predicted octanol–water partition coefficient (Wildman–Crippen LogP) is 3.64. The van der Waals surface area contributed by atoms with Crippen LogP contribution in [0.3, 0.4) is 0 Å². The van der Waals surface area contributed by atoms with Crippen LogP contribution < -0.4 is 10.1 Å². The predicted molar refractivity (Wildman–Crippen MR) is 107 cm³/mol. The minimum Gasteiger partial charge on any atom is -0.481 e. The summed E-state index contributed by atoms with van der Waals surface area (Å²) in [7, 11) is 0. The fourth-order valence-corrected chi connectivity index (χ4v) is 2.87. The third-order valence-corrected chi connectivity index (χ3v) is 4.38. The first kappa shape index (κ1) is 18.1. The van der Waals surface area contributed by atoms with Gasteiger partial charge in [0.15, 0.2) is 11.9 Å². The Hall–Kier alpha value is -3.32. The molecule has 0 aliphatic rings. The van der Waals surface area contributed by atoms with Gasteiger partial charge in [0.1, 0.15) is 11.4 Å². The number of carbonyl (C=O) groups excluding carboxylic acids is 1. The van der Waals surface area contributed by atoms with Crippen molar-refractivity contribution in [3.8, 4) is 5.75 Å². The zero-order chi connectivity index (χ0) is 19.5. The Kier molecular flexibility index (Phi) is 4.99. The van der Waals surface area contributed by atoms with Gasteiger partial charge in [-0.2, -0.15) is 5.10 Å². The molecule has 28 heavy (non-hydrogen) atoms. The maximum absolute atomic E-state index is 12.3. The van der Waals surface area contributed by atoms with Crippen LogP contribution in [0.25, 0.3) is 5.65 Å². The first-order valence-corrected chi connectivity index (χ1v) is 9.14. The van der Waals surface area contributed by atoms with Crippen LogP contribution >= 0.6 is 11.6 Å². The van der Waals surface area contributed by atoms with Crippen molar-refractivity contribution in [3.63, 3.8) is 0 Å². The van der Waals surface area contributed by atoms with Crippen LogP contribution in [0.2, 0.25) is 5.02 Å². The minimum atomic E-state index is -0.676. The summed E-state index contributed by atoms with van der Waals surface area (Å²) in [6, 6.07) is 14.4. The highest BCUT2D eigenvalue weighted by Gasteiger charge is 2.16. The van der Waals surface area contributed by atoms with Gasteiger partial charge in [-0.25, -0.2) is 4.98 Å². The quantitative estimate of drug-likeness (QED) is 0.541. The Morgan fingerprint density at radius 1 is 1.18 bits per heavy atom. The molecule has 3 heterocycles. The van der Waals surface area contributed by atoms with Gasteiger partial charge in [0.25, 0.3) is 5.91 Å². The van der Waals surface area contributed by atoms with Crippen LogP contribution in [-0.4, -0.2) is 31.2 Å². The van der Waals surface area contributed by atoms with E-state index in [1.165, 1.54) is 0 Å². The van der Waals surface area contributed by atoms with Crippen molar-refractivity contribution >= 4 is 29.0 Å². The van der Waals surface area contributed by atoms with Crippen molar-refractivity contribution in [2.24, 2.45) is 0 Å². The molecule has 4 aromatic rings. The van der Waals surface area contributed by atoms with Crippen LogP contribution in [0.5, 0.6) is 5.75 Å². The summed E-state index contributed by atoms with van der Waals surface area (Å²) in [6.45, 7) is 2.19. The second kappa shape index (κ2) is 7.74. The van der Waals surface area contributed by atoms with E-state index in [1.54, 1.807) is 48.1 Å². The summed E-state index contributed by atoms with van der Waals surface area (Å²) in [5, 5.41) is 7.75. The number of benzene rings is 1. The summed E-state index contributed by atoms with van der Waals surface area (Å²) >= 11 is 5.85. The number of anilines is 1. The van der Waals surface area contributed by atoms with Gasteiger partial charge in [0, 0.05) is 29.7 Å². The SMILES string of the molecule is CC(Oc1ccc(Cl)cc1)C(=O)Nc1ccn(Cc2cn3ccccc3n2)n1. The average molecular weight is 396 g/mol. The molecule has 1 unspecified atom stereocenters. The van der Waals surface area contributed by atoms with Gasteiger partial charge in [0.05, 0.1) is 12.2 Å². The Balaban J connectivity index is 1.37. The van der Waals surface area contributed by atoms with Gasteiger partial charge < -0.3 is 14.5 Å². The number of aromatic nitrogens is 4. The molecule has 0 radical (unpaired) electrons. The van der Waals surface area contributed by atoms with Crippen LogP contribution in [0.15, 0.2) is 67.1 Å². The summed E-state index contributed by atoms with van der Waals surface area (Å²) in [4.78, 5) is 16.9. The minimum absolute atomic E-state index is 0.284. The number of hydrogen-bond donors (Lipinski definition) is 1. The number of imidazole rings is 1. The summed E-state index contributed by atoms with van der Waals surface area (Å²) in [6.07, 6.45) is 5.02. The first-order valence-electron chi connectivity index (χ1n) is 8.76. The molecule has 0 spiro atoms. The van der Waals surface area contributed by atoms with Crippen molar-refractivity contribution in [2.75, 3.05) is 5.32 Å².